The maximum atomic E-state index is 5.29. The summed E-state index contributed by atoms with van der Waals surface area (Å²) in [6, 6.07) is 9.86. The minimum Gasteiger partial charge on any atom is -0.497 e. The van der Waals surface area contributed by atoms with E-state index in [1.807, 2.05) is 37.3 Å². The van der Waals surface area contributed by atoms with Crippen molar-refractivity contribution in [3.63, 3.8) is 0 Å². The van der Waals surface area contributed by atoms with Gasteiger partial charge in [0.05, 0.1) is 7.11 Å². The van der Waals surface area contributed by atoms with Crippen LogP contribution in [0.3, 0.4) is 0 Å². The molecule has 0 radical (unpaired) electrons. The highest BCUT2D eigenvalue weighted by Crippen LogP contribution is 2.22. The van der Waals surface area contributed by atoms with Crippen LogP contribution in [0.4, 0.5) is 5.82 Å². The summed E-state index contributed by atoms with van der Waals surface area (Å²) in [5, 5.41) is 3.43. The van der Waals surface area contributed by atoms with E-state index in [4.69, 9.17) is 4.74 Å². The molecule has 1 heterocycles. The van der Waals surface area contributed by atoms with E-state index in [1.54, 1.807) is 7.11 Å². The van der Waals surface area contributed by atoms with Crippen LogP contribution in [0.1, 0.15) is 51.1 Å². The summed E-state index contributed by atoms with van der Waals surface area (Å²) in [7, 11) is 1.67. The van der Waals surface area contributed by atoms with E-state index in [-0.39, 0.29) is 0 Å². The predicted molar refractivity (Wildman–Crippen MR) is 101 cm³/mol. The molecule has 24 heavy (non-hydrogen) atoms. The molecule has 1 aromatic carbocycles. The second-order valence-corrected chi connectivity index (χ2v) is 6.14. The zero-order chi connectivity index (χ0) is 17.2. The standard InChI is InChI=1S/C20H29N3O/c1-4-5-6-7-8-9-13-21-19-14-16(2)22-20(23-19)17-11-10-12-18(15-17)24-3/h10-12,14-15H,4-9,13H2,1-3H3,(H,21,22,23). The van der Waals surface area contributed by atoms with Crippen molar-refractivity contribution in [1.29, 1.82) is 0 Å². The maximum Gasteiger partial charge on any atom is 0.161 e. The number of unbranched alkanes of at least 4 members (excludes halogenated alkanes) is 5. The van der Waals surface area contributed by atoms with E-state index < -0.39 is 0 Å². The number of benzene rings is 1. The van der Waals surface area contributed by atoms with E-state index >= 15 is 0 Å². The summed E-state index contributed by atoms with van der Waals surface area (Å²) >= 11 is 0. The van der Waals surface area contributed by atoms with Crippen LogP contribution in [0, 0.1) is 6.92 Å². The van der Waals surface area contributed by atoms with Crippen LogP contribution in [0.15, 0.2) is 30.3 Å². The molecular formula is C20H29N3O. The molecule has 0 spiro atoms. The van der Waals surface area contributed by atoms with Gasteiger partial charge in [-0.1, -0.05) is 51.2 Å². The van der Waals surface area contributed by atoms with Gasteiger partial charge in [-0.2, -0.15) is 0 Å². The minimum absolute atomic E-state index is 0.736. The van der Waals surface area contributed by atoms with Crippen molar-refractivity contribution in [2.75, 3.05) is 19.0 Å². The summed E-state index contributed by atoms with van der Waals surface area (Å²) in [5.74, 6) is 2.45. The van der Waals surface area contributed by atoms with E-state index in [9.17, 15) is 0 Å². The normalized spacial score (nSPS) is 10.6. The zero-order valence-corrected chi connectivity index (χ0v) is 15.1. The Labute approximate surface area is 145 Å². The number of rotatable bonds is 10. The van der Waals surface area contributed by atoms with Crippen LogP contribution in [0.2, 0.25) is 0 Å². The third kappa shape index (κ3) is 5.84. The number of aromatic nitrogens is 2. The van der Waals surface area contributed by atoms with Crippen LogP contribution in [0.5, 0.6) is 5.75 Å². The monoisotopic (exact) mass is 327 g/mol. The number of anilines is 1. The van der Waals surface area contributed by atoms with Crippen molar-refractivity contribution in [1.82, 2.24) is 9.97 Å². The Kier molecular flexibility index (Phi) is 7.53. The Balaban J connectivity index is 1.93. The largest absolute Gasteiger partial charge is 0.497 e. The number of methoxy groups -OCH3 is 1. The second kappa shape index (κ2) is 9.91. The first-order valence-corrected chi connectivity index (χ1v) is 8.97. The van der Waals surface area contributed by atoms with Gasteiger partial charge >= 0.3 is 0 Å². The lowest BCUT2D eigenvalue weighted by molar-refractivity contribution is 0.415. The molecule has 0 aliphatic carbocycles. The molecule has 0 fully saturated rings. The van der Waals surface area contributed by atoms with Crippen LogP contribution >= 0.6 is 0 Å². The van der Waals surface area contributed by atoms with E-state index in [0.717, 1.165) is 35.2 Å². The molecule has 0 saturated heterocycles. The Morgan fingerprint density at radius 2 is 1.79 bits per heavy atom. The molecule has 4 heteroatoms. The van der Waals surface area contributed by atoms with Gasteiger partial charge in [0.15, 0.2) is 5.82 Å². The lowest BCUT2D eigenvalue weighted by Gasteiger charge is -2.09. The number of ether oxygens (including phenoxy) is 1. The first kappa shape index (κ1) is 18.2. The fourth-order valence-corrected chi connectivity index (χ4v) is 2.67. The molecule has 0 aliphatic heterocycles. The molecule has 2 aromatic rings. The molecule has 0 saturated carbocycles. The Morgan fingerprint density at radius 1 is 1.00 bits per heavy atom. The molecule has 1 N–H and O–H groups in total. The molecule has 1 aromatic heterocycles. The van der Waals surface area contributed by atoms with Gasteiger partial charge in [-0.25, -0.2) is 9.97 Å². The SMILES string of the molecule is CCCCCCCCNc1cc(C)nc(-c2cccc(OC)c2)n1. The number of hydrogen-bond acceptors (Lipinski definition) is 4. The Bertz CT molecular complexity index is 628. The van der Waals surface area contributed by atoms with Gasteiger partial charge in [-0.05, 0) is 25.5 Å². The lowest BCUT2D eigenvalue weighted by Crippen LogP contribution is -2.05. The number of nitrogens with one attached hydrogen (secondary N) is 1. The van der Waals surface area contributed by atoms with Gasteiger partial charge in [0.25, 0.3) is 0 Å². The summed E-state index contributed by atoms with van der Waals surface area (Å²) in [6.07, 6.45) is 7.78. The van der Waals surface area contributed by atoms with Gasteiger partial charge in [-0.15, -0.1) is 0 Å². The number of aryl methyl sites for hydroxylation is 1. The molecule has 0 amide bonds. The van der Waals surface area contributed by atoms with Crippen LogP contribution in [-0.2, 0) is 0 Å². The molecule has 2 rings (SSSR count). The van der Waals surface area contributed by atoms with Gasteiger partial charge in [0.1, 0.15) is 11.6 Å². The van der Waals surface area contributed by atoms with Gasteiger partial charge in [0, 0.05) is 23.9 Å². The average Bonchev–Trinajstić information content (AvgIpc) is 2.60. The van der Waals surface area contributed by atoms with Gasteiger partial charge < -0.3 is 10.1 Å². The minimum atomic E-state index is 0.736. The van der Waals surface area contributed by atoms with Crippen molar-refractivity contribution >= 4 is 5.82 Å². The zero-order valence-electron chi connectivity index (χ0n) is 15.1. The van der Waals surface area contributed by atoms with Crippen LogP contribution in [0.25, 0.3) is 11.4 Å². The number of hydrogen-bond donors (Lipinski definition) is 1. The summed E-state index contributed by atoms with van der Waals surface area (Å²) in [6.45, 7) is 5.21. The fraction of sp³-hybridized carbons (Fsp3) is 0.500. The van der Waals surface area contributed by atoms with Crippen LogP contribution in [-0.4, -0.2) is 23.6 Å². The van der Waals surface area contributed by atoms with E-state index in [0.29, 0.717) is 0 Å². The highest BCUT2D eigenvalue weighted by molar-refractivity contribution is 5.59. The Hall–Kier alpha value is -2.10. The summed E-state index contributed by atoms with van der Waals surface area (Å²) in [5.41, 5.74) is 1.94. The first-order valence-electron chi connectivity index (χ1n) is 8.97. The topological polar surface area (TPSA) is 47.0 Å². The smallest absolute Gasteiger partial charge is 0.161 e. The third-order valence-electron chi connectivity index (χ3n) is 4.02. The molecule has 0 bridgehead atoms. The Morgan fingerprint density at radius 3 is 2.58 bits per heavy atom. The molecular weight excluding hydrogens is 298 g/mol. The lowest BCUT2D eigenvalue weighted by atomic mass is 10.1. The van der Waals surface area contributed by atoms with Crippen molar-refractivity contribution in [3.05, 3.63) is 36.0 Å². The van der Waals surface area contributed by atoms with Gasteiger partial charge in [-0.3, -0.25) is 0 Å². The van der Waals surface area contributed by atoms with E-state index in [1.165, 1.54) is 38.5 Å². The summed E-state index contributed by atoms with van der Waals surface area (Å²) < 4.78 is 5.29. The van der Waals surface area contributed by atoms with Crippen molar-refractivity contribution in [2.45, 2.75) is 52.4 Å². The fourth-order valence-electron chi connectivity index (χ4n) is 2.67. The maximum absolute atomic E-state index is 5.29. The van der Waals surface area contributed by atoms with Crippen LogP contribution < -0.4 is 10.1 Å². The molecule has 0 unspecified atom stereocenters. The average molecular weight is 327 g/mol. The first-order chi connectivity index (χ1) is 11.7. The summed E-state index contributed by atoms with van der Waals surface area (Å²) in [4.78, 5) is 9.20. The van der Waals surface area contributed by atoms with Crippen molar-refractivity contribution in [3.8, 4) is 17.1 Å². The molecule has 0 atom stereocenters. The highest BCUT2D eigenvalue weighted by Gasteiger charge is 2.06. The number of nitrogens with zero attached hydrogens (tertiary/aromatic N) is 2. The third-order valence-corrected chi connectivity index (χ3v) is 4.02. The molecule has 4 nitrogen and oxygen atoms in total. The predicted octanol–water partition coefficient (Wildman–Crippen LogP) is 5.23. The highest BCUT2D eigenvalue weighted by atomic mass is 16.5. The molecule has 130 valence electrons. The van der Waals surface area contributed by atoms with Crippen molar-refractivity contribution < 1.29 is 4.74 Å². The second-order valence-electron chi connectivity index (χ2n) is 6.14. The van der Waals surface area contributed by atoms with E-state index in [2.05, 4.69) is 22.2 Å². The van der Waals surface area contributed by atoms with Crippen molar-refractivity contribution in [2.24, 2.45) is 0 Å². The molecule has 0 aliphatic rings. The quantitative estimate of drug-likeness (QED) is 0.607. The van der Waals surface area contributed by atoms with Gasteiger partial charge in [0.2, 0.25) is 0 Å².